The molecule has 1 aromatic rings. The Morgan fingerprint density at radius 2 is 2.00 bits per heavy atom. The lowest BCUT2D eigenvalue weighted by Crippen LogP contribution is -2.71. The van der Waals surface area contributed by atoms with Gasteiger partial charge in [-0.2, -0.15) is 0 Å². The number of carbonyl (C=O) groups excluding carboxylic acids is 2. The summed E-state index contributed by atoms with van der Waals surface area (Å²) in [6, 6.07) is 7.21. The molecule has 0 saturated carbocycles. The Balaban J connectivity index is 1.72. The minimum Gasteiger partial charge on any atom is -0.477 e. The highest BCUT2D eigenvalue weighted by molar-refractivity contribution is 8.00. The number of hydrogen-bond acceptors (Lipinski definition) is 5. The van der Waals surface area contributed by atoms with Crippen LogP contribution in [-0.2, 0) is 14.4 Å². The molecule has 0 spiro atoms. The van der Waals surface area contributed by atoms with Crippen LogP contribution in [0.5, 0.6) is 0 Å². The van der Waals surface area contributed by atoms with Crippen molar-refractivity contribution >= 4 is 29.5 Å². The van der Waals surface area contributed by atoms with E-state index >= 15 is 0 Å². The maximum absolute atomic E-state index is 12.3. The second-order valence-corrected chi connectivity index (χ2v) is 7.17. The zero-order valence-electron chi connectivity index (χ0n) is 12.9. The second-order valence-electron chi connectivity index (χ2n) is 5.67. The fourth-order valence-corrected chi connectivity index (χ4v) is 4.11. The predicted octanol–water partition coefficient (Wildman–Crippen LogP) is 0.443. The van der Waals surface area contributed by atoms with Crippen molar-refractivity contribution < 1.29 is 19.5 Å². The molecule has 0 aliphatic carbocycles. The van der Waals surface area contributed by atoms with E-state index in [0.29, 0.717) is 5.56 Å². The minimum atomic E-state index is -1.15. The highest BCUT2D eigenvalue weighted by Gasteiger charge is 2.54. The number of nitrogens with one attached hydrogen (secondary N) is 1. The molecule has 0 radical (unpaired) electrons. The molecular weight excluding hydrogens is 330 g/mol. The third kappa shape index (κ3) is 2.78. The van der Waals surface area contributed by atoms with Gasteiger partial charge in [0.1, 0.15) is 23.2 Å². The van der Waals surface area contributed by atoms with Crippen LogP contribution in [0.15, 0.2) is 42.1 Å². The summed E-state index contributed by atoms with van der Waals surface area (Å²) >= 11 is 1.43. The smallest absolute Gasteiger partial charge is 0.352 e. The normalized spacial score (nSPS) is 26.8. The second kappa shape index (κ2) is 6.29. The first kappa shape index (κ1) is 16.5. The number of carboxylic acids is 1. The molecule has 0 aromatic heterocycles. The summed E-state index contributed by atoms with van der Waals surface area (Å²) in [5, 5.41) is 11.4. The Morgan fingerprint density at radius 3 is 2.62 bits per heavy atom. The molecule has 126 valence electrons. The summed E-state index contributed by atoms with van der Waals surface area (Å²) < 4.78 is 0. The molecule has 24 heavy (non-hydrogen) atoms. The topological polar surface area (TPSA) is 113 Å². The molecule has 3 rings (SSSR count). The first-order chi connectivity index (χ1) is 11.4. The summed E-state index contributed by atoms with van der Waals surface area (Å²) in [6.07, 6.45) is 1.54. The summed E-state index contributed by atoms with van der Waals surface area (Å²) in [5.41, 5.74) is 6.55. The third-order valence-electron chi connectivity index (χ3n) is 4.01. The molecule has 1 saturated heterocycles. The van der Waals surface area contributed by atoms with Crippen molar-refractivity contribution in [1.82, 2.24) is 10.2 Å². The van der Waals surface area contributed by atoms with E-state index in [2.05, 4.69) is 5.32 Å². The van der Waals surface area contributed by atoms with Crippen LogP contribution in [0.1, 0.15) is 18.5 Å². The third-order valence-corrected chi connectivity index (χ3v) is 5.33. The van der Waals surface area contributed by atoms with Gasteiger partial charge in [-0.05, 0) is 18.6 Å². The van der Waals surface area contributed by atoms with Crippen molar-refractivity contribution in [3.8, 4) is 0 Å². The molecule has 0 bridgehead atoms. The van der Waals surface area contributed by atoms with Gasteiger partial charge in [-0.15, -0.1) is 11.8 Å². The molecule has 4 N–H and O–H groups in total. The number of benzene rings is 1. The van der Waals surface area contributed by atoms with Gasteiger partial charge in [0.25, 0.3) is 5.91 Å². The number of amides is 2. The SMILES string of the molecule is CC1C=C(C(=O)O)N2C(=O)C(NC(=O)[C@H](N)c3ccccc3)[C@H]2S1. The fraction of sp³-hybridized carbons (Fsp3) is 0.312. The first-order valence-electron chi connectivity index (χ1n) is 7.44. The molecule has 2 aliphatic heterocycles. The average molecular weight is 347 g/mol. The van der Waals surface area contributed by atoms with Gasteiger partial charge in [0.15, 0.2) is 0 Å². The summed E-state index contributed by atoms with van der Waals surface area (Å²) in [6.45, 7) is 1.85. The van der Waals surface area contributed by atoms with Crippen molar-refractivity contribution in [1.29, 1.82) is 0 Å². The number of nitrogens with zero attached hydrogens (tertiary/aromatic N) is 1. The number of aliphatic carboxylic acids is 1. The van der Waals surface area contributed by atoms with E-state index in [1.807, 2.05) is 13.0 Å². The van der Waals surface area contributed by atoms with E-state index < -0.39 is 35.2 Å². The lowest BCUT2D eigenvalue weighted by Gasteiger charge is -2.49. The fourth-order valence-electron chi connectivity index (χ4n) is 2.78. The lowest BCUT2D eigenvalue weighted by molar-refractivity contribution is -0.150. The molecule has 4 atom stereocenters. The maximum atomic E-state index is 12.3. The summed E-state index contributed by atoms with van der Waals surface area (Å²) in [7, 11) is 0. The molecule has 2 amide bonds. The van der Waals surface area contributed by atoms with Crippen LogP contribution in [0.4, 0.5) is 0 Å². The van der Waals surface area contributed by atoms with Gasteiger partial charge < -0.3 is 16.2 Å². The zero-order chi connectivity index (χ0) is 17.4. The van der Waals surface area contributed by atoms with Gasteiger partial charge in [-0.1, -0.05) is 30.3 Å². The molecule has 1 fully saturated rings. The molecule has 2 aliphatic rings. The molecule has 1 aromatic carbocycles. The molecule has 2 unspecified atom stereocenters. The van der Waals surface area contributed by atoms with Crippen LogP contribution >= 0.6 is 11.8 Å². The number of rotatable bonds is 4. The van der Waals surface area contributed by atoms with Crippen molar-refractivity contribution in [3.05, 3.63) is 47.7 Å². The Hall–Kier alpha value is -2.32. The van der Waals surface area contributed by atoms with E-state index in [9.17, 15) is 19.5 Å². The van der Waals surface area contributed by atoms with Gasteiger partial charge in [0.05, 0.1) is 0 Å². The van der Waals surface area contributed by atoms with Crippen LogP contribution < -0.4 is 11.1 Å². The van der Waals surface area contributed by atoms with Crippen LogP contribution in [-0.4, -0.2) is 44.5 Å². The highest BCUT2D eigenvalue weighted by atomic mass is 32.2. The van der Waals surface area contributed by atoms with Crippen molar-refractivity contribution in [3.63, 3.8) is 0 Å². The van der Waals surface area contributed by atoms with Gasteiger partial charge in [-0.3, -0.25) is 14.5 Å². The van der Waals surface area contributed by atoms with Gasteiger partial charge >= 0.3 is 5.97 Å². The number of thioether (sulfide) groups is 1. The van der Waals surface area contributed by atoms with Gasteiger partial charge in [0, 0.05) is 5.25 Å². The Morgan fingerprint density at radius 1 is 1.33 bits per heavy atom. The standard InChI is InChI=1S/C16H17N3O4S/c1-8-7-10(16(22)23)19-14(21)12(15(19)24-8)18-13(20)11(17)9-5-3-2-4-6-9/h2-8,11-12,15H,17H2,1H3,(H,18,20)(H,22,23)/t8?,11-,12?,15-/m1/s1. The Bertz CT molecular complexity index is 721. The quantitative estimate of drug-likeness (QED) is 0.682. The number of carbonyl (C=O) groups is 3. The zero-order valence-corrected chi connectivity index (χ0v) is 13.7. The van der Waals surface area contributed by atoms with Gasteiger partial charge in [0.2, 0.25) is 5.91 Å². The van der Waals surface area contributed by atoms with Crippen molar-refractivity contribution in [2.24, 2.45) is 5.73 Å². The number of carboxylic acid groups (broad SMARTS) is 1. The Kier molecular flexibility index (Phi) is 4.33. The van der Waals surface area contributed by atoms with E-state index in [1.165, 1.54) is 22.7 Å². The van der Waals surface area contributed by atoms with Crippen LogP contribution in [0, 0.1) is 0 Å². The number of hydrogen-bond donors (Lipinski definition) is 3. The van der Waals surface area contributed by atoms with Crippen LogP contribution in [0.25, 0.3) is 0 Å². The molecule has 8 heteroatoms. The van der Waals surface area contributed by atoms with Crippen LogP contribution in [0.3, 0.4) is 0 Å². The monoisotopic (exact) mass is 347 g/mol. The van der Waals surface area contributed by atoms with Crippen LogP contribution in [0.2, 0.25) is 0 Å². The highest BCUT2D eigenvalue weighted by Crippen LogP contribution is 2.40. The van der Waals surface area contributed by atoms with Crippen molar-refractivity contribution in [2.45, 2.75) is 29.6 Å². The molecular formula is C16H17N3O4S. The molecule has 7 nitrogen and oxygen atoms in total. The summed E-state index contributed by atoms with van der Waals surface area (Å²) in [4.78, 5) is 37.1. The minimum absolute atomic E-state index is 0.0332. The molecule has 2 heterocycles. The summed E-state index contributed by atoms with van der Waals surface area (Å²) in [5.74, 6) is -2.04. The largest absolute Gasteiger partial charge is 0.477 e. The van der Waals surface area contributed by atoms with E-state index in [1.54, 1.807) is 24.3 Å². The van der Waals surface area contributed by atoms with E-state index in [4.69, 9.17) is 5.73 Å². The van der Waals surface area contributed by atoms with Crippen molar-refractivity contribution in [2.75, 3.05) is 0 Å². The first-order valence-corrected chi connectivity index (χ1v) is 8.39. The Labute approximate surface area is 142 Å². The predicted molar refractivity (Wildman–Crippen MR) is 88.7 cm³/mol. The maximum Gasteiger partial charge on any atom is 0.352 e. The van der Waals surface area contributed by atoms with E-state index in [-0.39, 0.29) is 10.9 Å². The average Bonchev–Trinajstić information content (AvgIpc) is 2.58. The number of fused-ring (bicyclic) bond motifs is 1. The van der Waals surface area contributed by atoms with Gasteiger partial charge in [-0.25, -0.2) is 4.79 Å². The number of nitrogens with two attached hydrogens (primary N) is 1. The lowest BCUT2D eigenvalue weighted by atomic mass is 10.0. The van der Waals surface area contributed by atoms with E-state index in [0.717, 1.165) is 0 Å². The number of β-lactam (4-membered cyclic amide) rings is 1.